The third kappa shape index (κ3) is 42.9. The van der Waals surface area contributed by atoms with E-state index in [2.05, 4.69) is 31.3 Å². The number of allylic oxidation sites excluding steroid dienone is 3. The molecule has 0 saturated heterocycles. The largest absolute Gasteiger partial charge is 0.756 e. The maximum absolute atomic E-state index is 12.9. The minimum Gasteiger partial charge on any atom is -0.756 e. The zero-order chi connectivity index (χ0) is 42.1. The summed E-state index contributed by atoms with van der Waals surface area (Å²) in [5, 5.41) is 13.8. The van der Waals surface area contributed by atoms with Gasteiger partial charge in [0.2, 0.25) is 5.91 Å². The number of carbonyl (C=O) groups excluding carboxylic acids is 1. The van der Waals surface area contributed by atoms with Gasteiger partial charge in [-0.1, -0.05) is 199 Å². The van der Waals surface area contributed by atoms with E-state index >= 15 is 0 Å². The summed E-state index contributed by atoms with van der Waals surface area (Å²) < 4.78 is 23.2. The van der Waals surface area contributed by atoms with E-state index in [1.165, 1.54) is 167 Å². The molecule has 3 atom stereocenters. The number of nitrogens with one attached hydrogen (secondary N) is 1. The quantitative estimate of drug-likeness (QED) is 0.0274. The standard InChI is InChI=1S/C48H95N2O6P/c1-6-8-10-12-14-16-18-20-22-24-26-28-30-32-34-36-38-40-42-48(52)49-46(45-56-57(53,54)55-44-43-50(3,4)5)47(51)41-39-37-35-33-31-29-27-25-23-21-19-17-15-13-11-9-7-2/h22,24,39,41,46-47,51H,6-21,23,25-38,40,42-45H2,1-5H3,(H-,49,52,53,54)/b24-22-,41-39+. The molecule has 0 aromatic heterocycles. The predicted octanol–water partition coefficient (Wildman–Crippen LogP) is 13.1. The Labute approximate surface area is 354 Å². The van der Waals surface area contributed by atoms with Crippen LogP contribution in [0.2, 0.25) is 0 Å². The summed E-state index contributed by atoms with van der Waals surface area (Å²) in [6.45, 7) is 4.66. The molecular formula is C48H95N2O6P. The van der Waals surface area contributed by atoms with Crippen LogP contribution < -0.4 is 10.2 Å². The van der Waals surface area contributed by atoms with Gasteiger partial charge in [0.05, 0.1) is 39.9 Å². The molecule has 9 heteroatoms. The van der Waals surface area contributed by atoms with E-state index in [-0.39, 0.29) is 19.1 Å². The monoisotopic (exact) mass is 827 g/mol. The Balaban J connectivity index is 4.36. The van der Waals surface area contributed by atoms with Gasteiger partial charge >= 0.3 is 0 Å². The van der Waals surface area contributed by atoms with E-state index in [0.29, 0.717) is 17.4 Å². The number of likely N-dealkylation sites (N-methyl/N-ethyl adjacent to an activating group) is 1. The Morgan fingerprint density at radius 2 is 0.965 bits per heavy atom. The molecule has 0 aliphatic heterocycles. The number of carbonyl (C=O) groups is 1. The molecule has 0 spiro atoms. The molecule has 0 radical (unpaired) electrons. The SMILES string of the molecule is CCCCCCCCC/C=C\CCCCCCCCCC(=O)NC(COP(=O)([O-])OCC[N+](C)(C)C)C(O)/C=C/CCCCCCCCCCCCCCCCC. The molecule has 0 heterocycles. The average Bonchev–Trinajstić information content (AvgIpc) is 3.16. The fourth-order valence-corrected chi connectivity index (χ4v) is 7.75. The minimum atomic E-state index is -4.59. The van der Waals surface area contributed by atoms with Crippen molar-refractivity contribution in [3.05, 3.63) is 24.3 Å². The van der Waals surface area contributed by atoms with Gasteiger partial charge in [-0.15, -0.1) is 0 Å². The predicted molar refractivity (Wildman–Crippen MR) is 242 cm³/mol. The zero-order valence-electron chi connectivity index (χ0n) is 38.3. The van der Waals surface area contributed by atoms with Crippen LogP contribution >= 0.6 is 7.82 Å². The molecule has 338 valence electrons. The van der Waals surface area contributed by atoms with Gasteiger partial charge in [0.15, 0.2) is 0 Å². The van der Waals surface area contributed by atoms with E-state index < -0.39 is 20.0 Å². The lowest BCUT2D eigenvalue weighted by Crippen LogP contribution is -2.45. The summed E-state index contributed by atoms with van der Waals surface area (Å²) in [7, 11) is 1.26. The highest BCUT2D eigenvalue weighted by Gasteiger charge is 2.23. The molecule has 1 amide bonds. The van der Waals surface area contributed by atoms with Crippen molar-refractivity contribution >= 4 is 13.7 Å². The highest BCUT2D eigenvalue weighted by atomic mass is 31.2. The molecule has 0 aliphatic carbocycles. The van der Waals surface area contributed by atoms with E-state index in [4.69, 9.17) is 9.05 Å². The Kier molecular flexibility index (Phi) is 39.7. The first-order valence-electron chi connectivity index (χ1n) is 24.2. The lowest BCUT2D eigenvalue weighted by atomic mass is 10.0. The highest BCUT2D eigenvalue weighted by Crippen LogP contribution is 2.38. The molecule has 0 aliphatic rings. The lowest BCUT2D eigenvalue weighted by molar-refractivity contribution is -0.870. The summed E-state index contributed by atoms with van der Waals surface area (Å²) in [5.74, 6) is -0.201. The van der Waals surface area contributed by atoms with Crippen LogP contribution in [0.25, 0.3) is 0 Å². The summed E-state index contributed by atoms with van der Waals surface area (Å²) in [4.78, 5) is 25.4. The van der Waals surface area contributed by atoms with Crippen LogP contribution in [0.15, 0.2) is 24.3 Å². The van der Waals surface area contributed by atoms with Crippen molar-refractivity contribution in [3.8, 4) is 0 Å². The van der Waals surface area contributed by atoms with Crippen LogP contribution in [-0.4, -0.2) is 68.5 Å². The molecule has 0 rings (SSSR count). The number of hydrogen-bond acceptors (Lipinski definition) is 6. The average molecular weight is 827 g/mol. The first kappa shape index (κ1) is 56.0. The number of aliphatic hydroxyl groups is 1. The normalized spacial score (nSPS) is 14.4. The van der Waals surface area contributed by atoms with Crippen molar-refractivity contribution in [2.75, 3.05) is 40.9 Å². The molecule has 0 fully saturated rings. The van der Waals surface area contributed by atoms with Crippen LogP contribution in [0.1, 0.15) is 226 Å². The summed E-state index contributed by atoms with van der Waals surface area (Å²) in [6, 6.07) is -0.885. The smallest absolute Gasteiger partial charge is 0.268 e. The number of amides is 1. The summed E-state index contributed by atoms with van der Waals surface area (Å²) in [6.07, 6.45) is 47.9. The van der Waals surface area contributed by atoms with Crippen LogP contribution in [0.4, 0.5) is 0 Å². The number of unbranched alkanes of at least 4 members (excludes halogenated alkanes) is 29. The maximum atomic E-state index is 12.9. The van der Waals surface area contributed by atoms with Gasteiger partial charge in [-0.05, 0) is 44.9 Å². The van der Waals surface area contributed by atoms with E-state index in [9.17, 15) is 19.4 Å². The van der Waals surface area contributed by atoms with Gasteiger partial charge in [-0.25, -0.2) is 0 Å². The first-order valence-corrected chi connectivity index (χ1v) is 25.7. The van der Waals surface area contributed by atoms with E-state index in [1.807, 2.05) is 27.2 Å². The van der Waals surface area contributed by atoms with E-state index in [0.717, 1.165) is 38.5 Å². The molecule has 57 heavy (non-hydrogen) atoms. The molecule has 3 unspecified atom stereocenters. The molecule has 2 N–H and O–H groups in total. The Morgan fingerprint density at radius 3 is 1.37 bits per heavy atom. The Bertz CT molecular complexity index is 984. The number of phosphoric acid groups is 1. The third-order valence-electron chi connectivity index (χ3n) is 10.9. The summed E-state index contributed by atoms with van der Waals surface area (Å²) >= 11 is 0. The molecule has 0 aromatic rings. The van der Waals surface area contributed by atoms with Crippen LogP contribution in [0.3, 0.4) is 0 Å². The topological polar surface area (TPSA) is 108 Å². The molecular weight excluding hydrogens is 732 g/mol. The van der Waals surface area contributed by atoms with Crippen LogP contribution in [0.5, 0.6) is 0 Å². The van der Waals surface area contributed by atoms with E-state index in [1.54, 1.807) is 6.08 Å². The number of rotatable bonds is 44. The zero-order valence-corrected chi connectivity index (χ0v) is 39.2. The second-order valence-electron chi connectivity index (χ2n) is 17.8. The molecule has 0 bridgehead atoms. The molecule has 8 nitrogen and oxygen atoms in total. The number of nitrogens with zero attached hydrogens (tertiary/aromatic N) is 1. The fraction of sp³-hybridized carbons (Fsp3) is 0.896. The van der Waals surface area contributed by atoms with Crippen molar-refractivity contribution in [1.82, 2.24) is 5.32 Å². The van der Waals surface area contributed by atoms with Crippen molar-refractivity contribution < 1.29 is 32.9 Å². The maximum Gasteiger partial charge on any atom is 0.268 e. The van der Waals surface area contributed by atoms with Gasteiger partial charge in [0.25, 0.3) is 7.82 Å². The third-order valence-corrected chi connectivity index (χ3v) is 11.9. The van der Waals surface area contributed by atoms with Gasteiger partial charge in [0.1, 0.15) is 13.2 Å². The van der Waals surface area contributed by atoms with Crippen molar-refractivity contribution in [1.29, 1.82) is 0 Å². The first-order chi connectivity index (χ1) is 27.5. The van der Waals surface area contributed by atoms with Crippen LogP contribution in [-0.2, 0) is 18.4 Å². The highest BCUT2D eigenvalue weighted by molar-refractivity contribution is 7.45. The van der Waals surface area contributed by atoms with Gasteiger partial charge in [-0.3, -0.25) is 9.36 Å². The fourth-order valence-electron chi connectivity index (χ4n) is 7.03. The number of phosphoric ester groups is 1. The number of aliphatic hydroxyl groups excluding tert-OH is 1. The Hall–Kier alpha value is -1.02. The minimum absolute atomic E-state index is 0.000576. The molecule has 0 saturated carbocycles. The van der Waals surface area contributed by atoms with Gasteiger partial charge in [0, 0.05) is 6.42 Å². The number of quaternary nitrogens is 1. The van der Waals surface area contributed by atoms with Crippen LogP contribution in [0, 0.1) is 0 Å². The Morgan fingerprint density at radius 1 is 0.596 bits per heavy atom. The van der Waals surface area contributed by atoms with Crippen molar-refractivity contribution in [2.24, 2.45) is 0 Å². The van der Waals surface area contributed by atoms with Gasteiger partial charge < -0.3 is 28.8 Å². The van der Waals surface area contributed by atoms with Crippen molar-refractivity contribution in [3.63, 3.8) is 0 Å². The van der Waals surface area contributed by atoms with Gasteiger partial charge in [-0.2, -0.15) is 0 Å². The second-order valence-corrected chi connectivity index (χ2v) is 19.2. The van der Waals surface area contributed by atoms with Crippen molar-refractivity contribution in [2.45, 2.75) is 238 Å². The molecule has 0 aromatic carbocycles. The second kappa shape index (κ2) is 40.4. The lowest BCUT2D eigenvalue weighted by Gasteiger charge is -2.29. The number of hydrogen-bond donors (Lipinski definition) is 2. The summed E-state index contributed by atoms with van der Waals surface area (Å²) in [5.41, 5.74) is 0.